The number of hydrogen-bond acceptors (Lipinski definition) is 4. The third-order valence-electron chi connectivity index (χ3n) is 7.97. The fourth-order valence-corrected chi connectivity index (χ4v) is 6.15. The van der Waals surface area contributed by atoms with E-state index in [0.29, 0.717) is 11.3 Å². The second-order valence-electron chi connectivity index (χ2n) is 10.9. The van der Waals surface area contributed by atoms with Crippen LogP contribution in [0.4, 0.5) is 0 Å². The Labute approximate surface area is 172 Å². The molecule has 4 fully saturated rings. The van der Waals surface area contributed by atoms with Crippen molar-refractivity contribution < 1.29 is 4.79 Å². The molecule has 4 saturated heterocycles. The molecule has 4 rings (SSSR count). The zero-order valence-electron chi connectivity index (χ0n) is 18.7. The van der Waals surface area contributed by atoms with Crippen LogP contribution in [0.25, 0.3) is 0 Å². The standard InChI is InChI=1S/C23H42N4O/c1-18(2)20-5-11-26(12-6-20)21-7-9-24(10-8-21)17-25-13-23(14-25)15-27(16-23)22(28)19(3)4/h18-21H,5-17H2,1-4H3. The molecule has 160 valence electrons. The van der Waals surface area contributed by atoms with E-state index in [1.807, 2.05) is 13.8 Å². The minimum absolute atomic E-state index is 0.144. The normalized spacial score (nSPS) is 28.1. The Bertz CT molecular complexity index is 533. The first-order valence-corrected chi connectivity index (χ1v) is 11.8. The summed E-state index contributed by atoms with van der Waals surface area (Å²) in [6.07, 6.45) is 5.51. The van der Waals surface area contributed by atoms with Gasteiger partial charge in [0.15, 0.2) is 0 Å². The van der Waals surface area contributed by atoms with Crippen molar-refractivity contribution in [2.45, 2.75) is 59.4 Å². The number of carbonyl (C=O) groups excluding carboxylic acids is 1. The molecule has 0 aromatic rings. The Morgan fingerprint density at radius 1 is 0.857 bits per heavy atom. The fourth-order valence-electron chi connectivity index (χ4n) is 6.15. The smallest absolute Gasteiger partial charge is 0.225 e. The molecule has 4 heterocycles. The van der Waals surface area contributed by atoms with Crippen LogP contribution >= 0.6 is 0 Å². The second kappa shape index (κ2) is 8.23. The Balaban J connectivity index is 1.12. The zero-order valence-corrected chi connectivity index (χ0v) is 18.7. The maximum absolute atomic E-state index is 12.1. The van der Waals surface area contributed by atoms with Crippen molar-refractivity contribution in [1.82, 2.24) is 19.6 Å². The van der Waals surface area contributed by atoms with E-state index in [-0.39, 0.29) is 5.92 Å². The van der Waals surface area contributed by atoms with Crippen molar-refractivity contribution in [3.8, 4) is 0 Å². The zero-order chi connectivity index (χ0) is 19.9. The molecule has 0 radical (unpaired) electrons. The molecular weight excluding hydrogens is 348 g/mol. The molecule has 0 saturated carbocycles. The number of piperidine rings is 2. The number of amides is 1. The lowest BCUT2D eigenvalue weighted by Gasteiger charge is -2.61. The number of carbonyl (C=O) groups is 1. The summed E-state index contributed by atoms with van der Waals surface area (Å²) in [4.78, 5) is 22.2. The van der Waals surface area contributed by atoms with Crippen LogP contribution in [-0.4, -0.2) is 90.6 Å². The number of likely N-dealkylation sites (tertiary alicyclic amines) is 4. The van der Waals surface area contributed by atoms with Gasteiger partial charge in [-0.2, -0.15) is 0 Å². The van der Waals surface area contributed by atoms with Gasteiger partial charge in [0.05, 0.1) is 6.67 Å². The van der Waals surface area contributed by atoms with E-state index in [4.69, 9.17) is 0 Å². The number of rotatable bonds is 5. The molecular formula is C23H42N4O. The van der Waals surface area contributed by atoms with Gasteiger partial charge in [-0.25, -0.2) is 0 Å². The molecule has 1 amide bonds. The fraction of sp³-hybridized carbons (Fsp3) is 0.957. The van der Waals surface area contributed by atoms with Crippen molar-refractivity contribution in [3.63, 3.8) is 0 Å². The van der Waals surface area contributed by atoms with Gasteiger partial charge >= 0.3 is 0 Å². The van der Waals surface area contributed by atoms with Gasteiger partial charge in [0, 0.05) is 56.6 Å². The van der Waals surface area contributed by atoms with E-state index in [2.05, 4.69) is 33.4 Å². The molecule has 4 aliphatic rings. The van der Waals surface area contributed by atoms with E-state index in [0.717, 1.165) is 37.6 Å². The highest BCUT2D eigenvalue weighted by Gasteiger charge is 2.53. The molecule has 0 aliphatic carbocycles. The van der Waals surface area contributed by atoms with Crippen molar-refractivity contribution >= 4 is 5.91 Å². The van der Waals surface area contributed by atoms with E-state index in [9.17, 15) is 4.79 Å². The first-order valence-electron chi connectivity index (χ1n) is 11.8. The minimum Gasteiger partial charge on any atom is -0.341 e. The lowest BCUT2D eigenvalue weighted by molar-refractivity contribution is -0.166. The summed E-state index contributed by atoms with van der Waals surface area (Å²) in [7, 11) is 0. The Kier molecular flexibility index (Phi) is 6.06. The molecule has 0 unspecified atom stereocenters. The second-order valence-corrected chi connectivity index (χ2v) is 10.9. The van der Waals surface area contributed by atoms with Gasteiger partial charge in [0.1, 0.15) is 0 Å². The summed E-state index contributed by atoms with van der Waals surface area (Å²) < 4.78 is 0. The van der Waals surface area contributed by atoms with Crippen molar-refractivity contribution in [2.75, 3.05) is 59.0 Å². The van der Waals surface area contributed by atoms with Crippen LogP contribution in [0.5, 0.6) is 0 Å². The summed E-state index contributed by atoms with van der Waals surface area (Å²) >= 11 is 0. The molecule has 5 heteroatoms. The molecule has 0 N–H and O–H groups in total. The molecule has 4 aliphatic heterocycles. The van der Waals surface area contributed by atoms with Crippen LogP contribution in [0.3, 0.4) is 0 Å². The SMILES string of the molecule is CC(C)C(=O)N1CC2(CN(CN3CCC(N4CCC(C(C)C)CC4)CC3)C2)C1. The summed E-state index contributed by atoms with van der Waals surface area (Å²) in [6, 6.07) is 0.828. The van der Waals surface area contributed by atoms with Crippen LogP contribution < -0.4 is 0 Å². The highest BCUT2D eigenvalue weighted by Crippen LogP contribution is 2.40. The van der Waals surface area contributed by atoms with Gasteiger partial charge in [-0.15, -0.1) is 0 Å². The third-order valence-corrected chi connectivity index (χ3v) is 7.97. The highest BCUT2D eigenvalue weighted by atomic mass is 16.2. The van der Waals surface area contributed by atoms with Crippen LogP contribution in [0.1, 0.15) is 53.4 Å². The topological polar surface area (TPSA) is 30.0 Å². The molecule has 0 bridgehead atoms. The lowest BCUT2D eigenvalue weighted by atomic mass is 9.72. The average Bonchev–Trinajstić information content (AvgIpc) is 2.62. The van der Waals surface area contributed by atoms with E-state index in [1.54, 1.807) is 0 Å². The summed E-state index contributed by atoms with van der Waals surface area (Å²) in [6.45, 7) is 19.5. The van der Waals surface area contributed by atoms with Crippen LogP contribution in [-0.2, 0) is 4.79 Å². The quantitative estimate of drug-likeness (QED) is 0.722. The van der Waals surface area contributed by atoms with Crippen molar-refractivity contribution in [2.24, 2.45) is 23.2 Å². The minimum atomic E-state index is 0.144. The van der Waals surface area contributed by atoms with Crippen LogP contribution in [0, 0.1) is 23.2 Å². The molecule has 0 atom stereocenters. The summed E-state index contributed by atoms with van der Waals surface area (Å²) in [5.41, 5.74) is 0.434. The maximum Gasteiger partial charge on any atom is 0.225 e. The van der Waals surface area contributed by atoms with Crippen LogP contribution in [0.15, 0.2) is 0 Å². The number of hydrogen-bond donors (Lipinski definition) is 0. The van der Waals surface area contributed by atoms with Gasteiger partial charge in [-0.1, -0.05) is 27.7 Å². The Morgan fingerprint density at radius 3 is 2.00 bits per heavy atom. The predicted molar refractivity (Wildman–Crippen MR) is 114 cm³/mol. The highest BCUT2D eigenvalue weighted by molar-refractivity contribution is 5.79. The molecule has 0 aromatic heterocycles. The van der Waals surface area contributed by atoms with Gasteiger partial charge in [-0.3, -0.25) is 14.6 Å². The van der Waals surface area contributed by atoms with Gasteiger partial charge in [0.2, 0.25) is 5.91 Å². The van der Waals surface area contributed by atoms with Gasteiger partial charge in [0.25, 0.3) is 0 Å². The first kappa shape index (κ1) is 20.6. The first-order chi connectivity index (χ1) is 13.3. The van der Waals surface area contributed by atoms with Crippen molar-refractivity contribution in [1.29, 1.82) is 0 Å². The Morgan fingerprint density at radius 2 is 1.46 bits per heavy atom. The monoisotopic (exact) mass is 390 g/mol. The number of nitrogens with zero attached hydrogens (tertiary/aromatic N) is 4. The molecule has 0 aromatic carbocycles. The van der Waals surface area contributed by atoms with Gasteiger partial charge in [-0.05, 0) is 50.6 Å². The summed E-state index contributed by atoms with van der Waals surface area (Å²) in [5.74, 6) is 2.29. The van der Waals surface area contributed by atoms with E-state index < -0.39 is 0 Å². The average molecular weight is 391 g/mol. The van der Waals surface area contributed by atoms with Crippen LogP contribution in [0.2, 0.25) is 0 Å². The van der Waals surface area contributed by atoms with Gasteiger partial charge < -0.3 is 9.80 Å². The van der Waals surface area contributed by atoms with E-state index >= 15 is 0 Å². The lowest BCUT2D eigenvalue weighted by Crippen LogP contribution is -2.74. The Hall–Kier alpha value is -0.650. The predicted octanol–water partition coefficient (Wildman–Crippen LogP) is 2.58. The molecule has 5 nitrogen and oxygen atoms in total. The summed E-state index contributed by atoms with van der Waals surface area (Å²) in [5, 5.41) is 0. The molecule has 1 spiro atoms. The third kappa shape index (κ3) is 4.27. The molecule has 28 heavy (non-hydrogen) atoms. The largest absolute Gasteiger partial charge is 0.341 e. The van der Waals surface area contributed by atoms with Crippen molar-refractivity contribution in [3.05, 3.63) is 0 Å². The van der Waals surface area contributed by atoms with E-state index in [1.165, 1.54) is 65.0 Å². The maximum atomic E-state index is 12.1.